The van der Waals surface area contributed by atoms with Crippen LogP contribution in [-0.4, -0.2) is 43.9 Å². The number of likely N-dealkylation sites (N-methyl/N-ethyl adjacent to an activating group) is 1. The van der Waals surface area contributed by atoms with E-state index in [-0.39, 0.29) is 11.1 Å². The zero-order valence-corrected chi connectivity index (χ0v) is 12.3. The summed E-state index contributed by atoms with van der Waals surface area (Å²) in [4.78, 5) is 8.30. The monoisotopic (exact) mass is 294 g/mol. The van der Waals surface area contributed by atoms with Gasteiger partial charge in [-0.3, -0.25) is 0 Å². The lowest BCUT2D eigenvalue weighted by molar-refractivity contribution is 0.299. The van der Waals surface area contributed by atoms with Gasteiger partial charge in [0.2, 0.25) is 0 Å². The van der Waals surface area contributed by atoms with Gasteiger partial charge in [0.1, 0.15) is 0 Å². The molecule has 0 bridgehead atoms. The molecule has 108 valence electrons. The number of nitrogens with one attached hydrogen (secondary N) is 2. The van der Waals surface area contributed by atoms with Gasteiger partial charge in [0.05, 0.1) is 12.5 Å². The first-order chi connectivity index (χ1) is 9.50. The van der Waals surface area contributed by atoms with Crippen molar-refractivity contribution in [1.29, 1.82) is 0 Å². The lowest BCUT2D eigenvalue weighted by Crippen LogP contribution is -2.34. The molecule has 0 saturated heterocycles. The fourth-order valence-electron chi connectivity index (χ4n) is 1.93. The maximum absolute atomic E-state index is 12.1. The second-order valence-electron chi connectivity index (χ2n) is 4.66. The summed E-state index contributed by atoms with van der Waals surface area (Å²) in [6, 6.07) is 9.74. The molecule has 7 heteroatoms. The van der Waals surface area contributed by atoms with Gasteiger partial charge in [0, 0.05) is 12.6 Å². The highest BCUT2D eigenvalue weighted by atomic mass is 32.2. The van der Waals surface area contributed by atoms with Crippen LogP contribution in [0.2, 0.25) is 0 Å². The Morgan fingerprint density at radius 3 is 2.55 bits per heavy atom. The predicted molar refractivity (Wildman–Crippen MR) is 76.6 cm³/mol. The highest BCUT2D eigenvalue weighted by Gasteiger charge is 2.20. The molecule has 2 rings (SSSR count). The molecule has 2 N–H and O–H groups in total. The SMILES string of the molecule is CN(C)C(CNS(=O)(=O)c1cnc[nH]1)c1ccccc1. The lowest BCUT2D eigenvalue weighted by Gasteiger charge is -2.24. The van der Waals surface area contributed by atoms with Crippen LogP contribution >= 0.6 is 0 Å². The van der Waals surface area contributed by atoms with Crippen molar-refractivity contribution in [2.45, 2.75) is 11.1 Å². The van der Waals surface area contributed by atoms with Gasteiger partial charge < -0.3 is 9.88 Å². The van der Waals surface area contributed by atoms with Crippen molar-refractivity contribution in [1.82, 2.24) is 19.6 Å². The number of aromatic amines is 1. The highest BCUT2D eigenvalue weighted by molar-refractivity contribution is 7.89. The molecule has 1 atom stereocenters. The Bertz CT molecular complexity index is 624. The van der Waals surface area contributed by atoms with Gasteiger partial charge in [-0.25, -0.2) is 18.1 Å². The average Bonchev–Trinajstić information content (AvgIpc) is 2.94. The molecule has 1 unspecified atom stereocenters. The standard InChI is InChI=1S/C13H18N4O2S/c1-17(2)12(11-6-4-3-5-7-11)8-16-20(18,19)13-9-14-10-15-13/h3-7,9-10,12,16H,8H2,1-2H3,(H,14,15). The Labute approximate surface area is 118 Å². The predicted octanol–water partition coefficient (Wildman–Crippen LogP) is 0.991. The van der Waals surface area contributed by atoms with Gasteiger partial charge in [-0.05, 0) is 19.7 Å². The smallest absolute Gasteiger partial charge is 0.257 e. The number of H-pyrrole nitrogens is 1. The fourth-order valence-corrected chi connectivity index (χ4v) is 2.87. The van der Waals surface area contributed by atoms with Gasteiger partial charge in [0.15, 0.2) is 5.03 Å². The number of nitrogens with zero attached hydrogens (tertiary/aromatic N) is 2. The molecule has 0 aliphatic heterocycles. The number of hydrogen-bond acceptors (Lipinski definition) is 4. The summed E-state index contributed by atoms with van der Waals surface area (Å²) in [6.45, 7) is 0.290. The molecule has 0 amide bonds. The molecule has 1 aromatic carbocycles. The quantitative estimate of drug-likeness (QED) is 0.833. The maximum Gasteiger partial charge on any atom is 0.257 e. The van der Waals surface area contributed by atoms with Crippen molar-refractivity contribution in [3.05, 3.63) is 48.4 Å². The molecule has 0 aliphatic carbocycles. The van der Waals surface area contributed by atoms with Gasteiger partial charge in [-0.1, -0.05) is 30.3 Å². The van der Waals surface area contributed by atoms with Crippen molar-refractivity contribution in [2.75, 3.05) is 20.6 Å². The molecular weight excluding hydrogens is 276 g/mol. The first kappa shape index (κ1) is 14.7. The van der Waals surface area contributed by atoms with E-state index in [4.69, 9.17) is 0 Å². The highest BCUT2D eigenvalue weighted by Crippen LogP contribution is 2.17. The average molecular weight is 294 g/mol. The molecule has 1 heterocycles. The van der Waals surface area contributed by atoms with Crippen LogP contribution in [0.4, 0.5) is 0 Å². The van der Waals surface area contributed by atoms with Crippen molar-refractivity contribution < 1.29 is 8.42 Å². The van der Waals surface area contributed by atoms with E-state index < -0.39 is 10.0 Å². The fraction of sp³-hybridized carbons (Fsp3) is 0.308. The van der Waals surface area contributed by atoms with Gasteiger partial charge in [0.25, 0.3) is 10.0 Å². The molecule has 20 heavy (non-hydrogen) atoms. The number of aromatic nitrogens is 2. The third-order valence-corrected chi connectivity index (χ3v) is 4.39. The van der Waals surface area contributed by atoms with E-state index in [1.54, 1.807) is 0 Å². The number of benzene rings is 1. The van der Waals surface area contributed by atoms with Crippen LogP contribution < -0.4 is 4.72 Å². The van der Waals surface area contributed by atoms with Gasteiger partial charge >= 0.3 is 0 Å². The number of hydrogen-bond donors (Lipinski definition) is 2. The minimum absolute atomic E-state index is 0.0334. The summed E-state index contributed by atoms with van der Waals surface area (Å²) >= 11 is 0. The van der Waals surface area contributed by atoms with Crippen LogP contribution in [0.1, 0.15) is 11.6 Å². The number of imidazole rings is 1. The first-order valence-electron chi connectivity index (χ1n) is 6.20. The first-order valence-corrected chi connectivity index (χ1v) is 7.68. The van der Waals surface area contributed by atoms with Gasteiger partial charge in [-0.15, -0.1) is 0 Å². The van der Waals surface area contributed by atoms with Crippen LogP contribution in [0, 0.1) is 0 Å². The zero-order chi connectivity index (χ0) is 14.6. The second-order valence-corrected chi connectivity index (χ2v) is 6.39. The van der Waals surface area contributed by atoms with E-state index in [0.29, 0.717) is 6.54 Å². The minimum atomic E-state index is -3.55. The normalized spacial score (nSPS) is 13.6. The Morgan fingerprint density at radius 2 is 2.00 bits per heavy atom. The Morgan fingerprint density at radius 1 is 1.30 bits per heavy atom. The van der Waals surface area contributed by atoms with Crippen molar-refractivity contribution in [3.63, 3.8) is 0 Å². The van der Waals surface area contributed by atoms with Crippen LogP contribution in [0.15, 0.2) is 47.9 Å². The summed E-state index contributed by atoms with van der Waals surface area (Å²) in [6.07, 6.45) is 2.63. The molecule has 0 radical (unpaired) electrons. The second kappa shape index (κ2) is 6.17. The molecule has 0 spiro atoms. The molecular formula is C13H18N4O2S. The molecule has 0 aliphatic rings. The lowest BCUT2D eigenvalue weighted by atomic mass is 10.1. The Kier molecular flexibility index (Phi) is 4.53. The third-order valence-electron chi connectivity index (χ3n) is 3.04. The van der Waals surface area contributed by atoms with E-state index in [2.05, 4.69) is 14.7 Å². The van der Waals surface area contributed by atoms with Gasteiger partial charge in [-0.2, -0.15) is 0 Å². The van der Waals surface area contributed by atoms with E-state index in [1.165, 1.54) is 12.5 Å². The van der Waals surface area contributed by atoms with Crippen LogP contribution in [0.25, 0.3) is 0 Å². The molecule has 0 fully saturated rings. The molecule has 6 nitrogen and oxygen atoms in total. The van der Waals surface area contributed by atoms with Crippen LogP contribution in [0.3, 0.4) is 0 Å². The molecule has 2 aromatic rings. The summed E-state index contributed by atoms with van der Waals surface area (Å²) in [5.74, 6) is 0. The topological polar surface area (TPSA) is 78.1 Å². The minimum Gasteiger partial charge on any atom is -0.335 e. The van der Waals surface area contributed by atoms with Crippen LogP contribution in [-0.2, 0) is 10.0 Å². The Balaban J connectivity index is 2.11. The van der Waals surface area contributed by atoms with E-state index in [0.717, 1.165) is 5.56 Å². The van der Waals surface area contributed by atoms with E-state index in [9.17, 15) is 8.42 Å². The number of rotatable bonds is 6. The van der Waals surface area contributed by atoms with E-state index in [1.807, 2.05) is 49.3 Å². The maximum atomic E-state index is 12.1. The molecule has 1 aromatic heterocycles. The summed E-state index contributed by atoms with van der Waals surface area (Å²) in [7, 11) is 0.289. The third kappa shape index (κ3) is 3.44. The number of sulfonamides is 1. The summed E-state index contributed by atoms with van der Waals surface area (Å²) in [5, 5.41) is 0.0723. The van der Waals surface area contributed by atoms with Crippen LogP contribution in [0.5, 0.6) is 0 Å². The molecule has 0 saturated carbocycles. The zero-order valence-electron chi connectivity index (χ0n) is 11.4. The van der Waals surface area contributed by atoms with Crippen molar-refractivity contribution >= 4 is 10.0 Å². The Hall–Kier alpha value is -1.70. The summed E-state index contributed by atoms with van der Waals surface area (Å²) < 4.78 is 26.7. The van der Waals surface area contributed by atoms with Crippen molar-refractivity contribution in [3.8, 4) is 0 Å². The summed E-state index contributed by atoms with van der Waals surface area (Å²) in [5.41, 5.74) is 1.06. The van der Waals surface area contributed by atoms with Crippen molar-refractivity contribution in [2.24, 2.45) is 0 Å². The largest absolute Gasteiger partial charge is 0.335 e. The van der Waals surface area contributed by atoms with E-state index >= 15 is 0 Å².